The molecule has 0 spiro atoms. The van der Waals surface area contributed by atoms with Crippen molar-refractivity contribution in [3.05, 3.63) is 0 Å². The summed E-state index contributed by atoms with van der Waals surface area (Å²) in [5.41, 5.74) is 0. The number of aliphatic hydroxyl groups is 1. The van der Waals surface area contributed by atoms with Crippen molar-refractivity contribution in [3.63, 3.8) is 0 Å². The van der Waals surface area contributed by atoms with Crippen LogP contribution in [-0.2, 0) is 18.4 Å². The highest BCUT2D eigenvalue weighted by Gasteiger charge is 2.24. The minimum atomic E-state index is -4.55. The smallest absolute Gasteiger partial charge is 0.268 e. The summed E-state index contributed by atoms with van der Waals surface area (Å²) >= 11 is 0. The average molecular weight is 929 g/mol. The topological polar surface area (TPSA) is 108 Å². The molecule has 2 N–H and O–H groups in total. The highest BCUT2D eigenvalue weighted by atomic mass is 31.2. The lowest BCUT2D eigenvalue weighted by atomic mass is 10.0. The standard InChI is InChI=1S/C55H113N2O6P/c1-6-8-10-12-14-15-16-17-18-19-20-21-22-23-24-25-26-27-28-29-30-31-32-33-34-35-36-37-38-39-40-41-43-45-47-49-55(59)56-53(54(58)48-46-44-42-13-11-9-7-2)52-63-64(60,61)62-51-50-57(3,4)5/h53-54,58H,6-52H2,1-5H3,(H-,56,59,60,61). The molecular formula is C55H113N2O6P. The predicted octanol–water partition coefficient (Wildman–Crippen LogP) is 16.2. The molecule has 0 saturated heterocycles. The Balaban J connectivity index is 3.74. The Morgan fingerprint density at radius 3 is 1.06 bits per heavy atom. The summed E-state index contributed by atoms with van der Waals surface area (Å²) in [6.45, 7) is 4.71. The number of carbonyl (C=O) groups excluding carboxylic acids is 1. The van der Waals surface area contributed by atoms with Crippen molar-refractivity contribution in [2.45, 2.75) is 309 Å². The first-order valence-corrected chi connectivity index (χ1v) is 29.8. The van der Waals surface area contributed by atoms with Crippen LogP contribution in [0.5, 0.6) is 0 Å². The molecule has 0 aliphatic rings. The van der Waals surface area contributed by atoms with Gasteiger partial charge in [-0.1, -0.05) is 277 Å². The van der Waals surface area contributed by atoms with Crippen molar-refractivity contribution in [1.82, 2.24) is 5.32 Å². The first kappa shape index (κ1) is 63.5. The van der Waals surface area contributed by atoms with Crippen molar-refractivity contribution in [2.24, 2.45) is 0 Å². The summed E-state index contributed by atoms with van der Waals surface area (Å²) in [6.07, 6.45) is 56.2. The van der Waals surface area contributed by atoms with Crippen LogP contribution in [0, 0.1) is 0 Å². The summed E-state index contributed by atoms with van der Waals surface area (Å²) in [4.78, 5) is 25.3. The number of hydrogen-bond acceptors (Lipinski definition) is 6. The zero-order valence-corrected chi connectivity index (χ0v) is 44.7. The van der Waals surface area contributed by atoms with E-state index >= 15 is 0 Å². The molecule has 0 bridgehead atoms. The number of phosphoric acid groups is 1. The Morgan fingerprint density at radius 1 is 0.484 bits per heavy atom. The van der Waals surface area contributed by atoms with Crippen LogP contribution in [0.3, 0.4) is 0 Å². The highest BCUT2D eigenvalue weighted by Crippen LogP contribution is 2.38. The molecule has 0 rings (SSSR count). The molecule has 8 nitrogen and oxygen atoms in total. The zero-order valence-electron chi connectivity index (χ0n) is 43.8. The normalized spacial score (nSPS) is 13.9. The van der Waals surface area contributed by atoms with Crippen LogP contribution in [0.4, 0.5) is 0 Å². The quantitative estimate of drug-likeness (QED) is 0.0357. The Bertz CT molecular complexity index is 1010. The van der Waals surface area contributed by atoms with E-state index in [1.807, 2.05) is 21.1 Å². The lowest BCUT2D eigenvalue weighted by molar-refractivity contribution is -0.870. The van der Waals surface area contributed by atoms with E-state index in [2.05, 4.69) is 19.2 Å². The van der Waals surface area contributed by atoms with E-state index in [1.165, 1.54) is 231 Å². The van der Waals surface area contributed by atoms with Crippen LogP contribution < -0.4 is 10.2 Å². The van der Waals surface area contributed by atoms with Crippen molar-refractivity contribution in [3.8, 4) is 0 Å². The lowest BCUT2D eigenvalue weighted by Gasteiger charge is -2.30. The third-order valence-corrected chi connectivity index (χ3v) is 14.3. The first-order chi connectivity index (χ1) is 31.0. The van der Waals surface area contributed by atoms with Crippen LogP contribution in [0.15, 0.2) is 0 Å². The number of likely N-dealkylation sites (N-methyl/N-ethyl adjacent to an activating group) is 1. The largest absolute Gasteiger partial charge is 0.756 e. The minimum Gasteiger partial charge on any atom is -0.756 e. The fourth-order valence-electron chi connectivity index (χ4n) is 8.87. The number of amides is 1. The SMILES string of the molecule is CCCCCCCCCCCCCCCCCCCCCCCCCCCCCCCCCCCCCC(=O)NC(COP(=O)([O-])OCC[N+](C)(C)C)C(O)CCCCCCCCC. The second-order valence-corrected chi connectivity index (χ2v) is 22.4. The maximum atomic E-state index is 12.9. The number of unbranched alkanes of at least 4 members (excludes halogenated alkanes) is 40. The summed E-state index contributed by atoms with van der Waals surface area (Å²) < 4.78 is 23.2. The second kappa shape index (κ2) is 47.6. The Kier molecular flexibility index (Phi) is 47.2. The van der Waals surface area contributed by atoms with Gasteiger partial charge in [-0.05, 0) is 12.8 Å². The van der Waals surface area contributed by atoms with Gasteiger partial charge in [0, 0.05) is 6.42 Å². The Labute approximate surface area is 399 Å². The maximum Gasteiger partial charge on any atom is 0.268 e. The number of hydrogen-bond donors (Lipinski definition) is 2. The molecule has 0 aromatic carbocycles. The molecule has 0 aromatic heterocycles. The molecule has 0 aliphatic heterocycles. The molecule has 3 atom stereocenters. The fraction of sp³-hybridized carbons (Fsp3) is 0.982. The first-order valence-electron chi connectivity index (χ1n) is 28.4. The highest BCUT2D eigenvalue weighted by molar-refractivity contribution is 7.45. The number of phosphoric ester groups is 1. The molecule has 0 aromatic rings. The van der Waals surface area contributed by atoms with Crippen LogP contribution >= 0.6 is 7.82 Å². The molecule has 1 amide bonds. The van der Waals surface area contributed by atoms with Gasteiger partial charge in [0.25, 0.3) is 7.82 Å². The van der Waals surface area contributed by atoms with Gasteiger partial charge in [0.2, 0.25) is 5.91 Å². The summed E-state index contributed by atoms with van der Waals surface area (Å²) in [5, 5.41) is 13.8. The van der Waals surface area contributed by atoms with Crippen LogP contribution in [-0.4, -0.2) is 68.5 Å². The molecule has 384 valence electrons. The van der Waals surface area contributed by atoms with E-state index in [9.17, 15) is 19.4 Å². The van der Waals surface area contributed by atoms with Gasteiger partial charge in [0.05, 0.1) is 39.9 Å². The van der Waals surface area contributed by atoms with E-state index in [4.69, 9.17) is 9.05 Å². The van der Waals surface area contributed by atoms with Crippen LogP contribution in [0.2, 0.25) is 0 Å². The van der Waals surface area contributed by atoms with E-state index < -0.39 is 20.0 Å². The molecule has 0 aliphatic carbocycles. The lowest BCUT2D eigenvalue weighted by Crippen LogP contribution is -2.46. The van der Waals surface area contributed by atoms with Gasteiger partial charge in [-0.2, -0.15) is 0 Å². The van der Waals surface area contributed by atoms with E-state index in [-0.39, 0.29) is 19.1 Å². The summed E-state index contributed by atoms with van der Waals surface area (Å²) in [7, 11) is 1.32. The zero-order chi connectivity index (χ0) is 47.1. The van der Waals surface area contributed by atoms with Gasteiger partial charge in [-0.25, -0.2) is 0 Å². The van der Waals surface area contributed by atoms with Crippen molar-refractivity contribution in [1.29, 1.82) is 0 Å². The van der Waals surface area contributed by atoms with Crippen molar-refractivity contribution in [2.75, 3.05) is 40.9 Å². The van der Waals surface area contributed by atoms with Crippen molar-refractivity contribution < 1.29 is 32.9 Å². The molecule has 64 heavy (non-hydrogen) atoms. The van der Waals surface area contributed by atoms with Gasteiger partial charge in [0.1, 0.15) is 13.2 Å². The molecule has 0 saturated carbocycles. The third-order valence-electron chi connectivity index (χ3n) is 13.3. The number of nitrogens with one attached hydrogen (secondary N) is 1. The fourth-order valence-corrected chi connectivity index (χ4v) is 9.59. The van der Waals surface area contributed by atoms with Gasteiger partial charge >= 0.3 is 0 Å². The number of carbonyl (C=O) groups is 1. The maximum absolute atomic E-state index is 12.9. The van der Waals surface area contributed by atoms with Gasteiger partial charge in [-0.15, -0.1) is 0 Å². The van der Waals surface area contributed by atoms with Crippen LogP contribution in [0.1, 0.15) is 296 Å². The number of rotatable bonds is 53. The summed E-state index contributed by atoms with van der Waals surface area (Å²) in [6, 6.07) is -0.792. The minimum absolute atomic E-state index is 0.0155. The Hall–Kier alpha value is -0.500. The number of nitrogens with zero attached hydrogens (tertiary/aromatic N) is 1. The third kappa shape index (κ3) is 49.4. The van der Waals surface area contributed by atoms with Gasteiger partial charge in [0.15, 0.2) is 0 Å². The monoisotopic (exact) mass is 929 g/mol. The molecule has 0 heterocycles. The summed E-state index contributed by atoms with van der Waals surface area (Å²) in [5.74, 6) is -0.162. The van der Waals surface area contributed by atoms with E-state index in [0.29, 0.717) is 23.9 Å². The van der Waals surface area contributed by atoms with E-state index in [0.717, 1.165) is 38.5 Å². The number of quaternary nitrogens is 1. The van der Waals surface area contributed by atoms with Crippen molar-refractivity contribution >= 4 is 13.7 Å². The number of aliphatic hydroxyl groups excluding tert-OH is 1. The second-order valence-electron chi connectivity index (χ2n) is 21.0. The Morgan fingerprint density at radius 2 is 0.766 bits per heavy atom. The molecule has 9 heteroatoms. The molecule has 3 unspecified atom stereocenters. The average Bonchev–Trinajstić information content (AvgIpc) is 3.25. The molecule has 0 fully saturated rings. The van der Waals surface area contributed by atoms with Gasteiger partial charge < -0.3 is 28.8 Å². The van der Waals surface area contributed by atoms with E-state index in [1.54, 1.807) is 0 Å². The van der Waals surface area contributed by atoms with Gasteiger partial charge in [-0.3, -0.25) is 9.36 Å². The molecule has 0 radical (unpaired) electrons. The predicted molar refractivity (Wildman–Crippen MR) is 275 cm³/mol. The molecular weight excluding hydrogens is 816 g/mol. The van der Waals surface area contributed by atoms with Crippen LogP contribution in [0.25, 0.3) is 0 Å².